The van der Waals surface area contributed by atoms with Gasteiger partial charge in [0.15, 0.2) is 5.17 Å². The smallest absolute Gasteiger partial charge is 0.157 e. The number of amidine groups is 1. The average Bonchev–Trinajstić information content (AvgIpc) is 3.06. The molecule has 98 valence electrons. The van der Waals surface area contributed by atoms with Gasteiger partial charge in [-0.25, -0.2) is 0 Å². The van der Waals surface area contributed by atoms with Crippen molar-refractivity contribution < 1.29 is 4.52 Å². The molecule has 0 fully saturated rings. The maximum absolute atomic E-state index is 5.03. The Morgan fingerprint density at radius 1 is 1.37 bits per heavy atom. The molecule has 1 aromatic heterocycles. The van der Waals surface area contributed by atoms with Gasteiger partial charge in [-0.1, -0.05) is 47.3 Å². The number of nitrogens with one attached hydrogen (secondary N) is 1. The first-order valence-electron chi connectivity index (χ1n) is 6.23. The van der Waals surface area contributed by atoms with Crippen LogP contribution in [0.5, 0.6) is 0 Å². The molecule has 19 heavy (non-hydrogen) atoms. The second-order valence-electron chi connectivity index (χ2n) is 4.45. The second kappa shape index (κ2) is 5.48. The lowest BCUT2D eigenvalue weighted by Crippen LogP contribution is -2.18. The number of hydrogen-bond donors (Lipinski definition) is 1. The van der Waals surface area contributed by atoms with Crippen LogP contribution in [0.15, 0.2) is 45.9 Å². The molecule has 2 heterocycles. The first-order chi connectivity index (χ1) is 9.31. The summed E-state index contributed by atoms with van der Waals surface area (Å²) in [5.41, 5.74) is 2.23. The van der Waals surface area contributed by atoms with E-state index >= 15 is 0 Å². The summed E-state index contributed by atoms with van der Waals surface area (Å²) in [6.07, 6.45) is 0. The molecule has 1 unspecified atom stereocenters. The number of thioether (sulfide) groups is 1. The highest BCUT2D eigenvalue weighted by atomic mass is 32.2. The fraction of sp³-hybridized carbons (Fsp3) is 0.286. The second-order valence-corrected chi connectivity index (χ2v) is 5.64. The Bertz CT molecular complexity index is 579. The van der Waals surface area contributed by atoms with Gasteiger partial charge >= 0.3 is 0 Å². The maximum Gasteiger partial charge on any atom is 0.157 e. The van der Waals surface area contributed by atoms with Crippen molar-refractivity contribution in [2.24, 2.45) is 4.99 Å². The molecule has 1 N–H and O–H groups in total. The van der Waals surface area contributed by atoms with Crippen LogP contribution in [-0.2, 0) is 6.54 Å². The summed E-state index contributed by atoms with van der Waals surface area (Å²) in [4.78, 5) is 4.53. The minimum atomic E-state index is 0.419. The molecule has 1 atom stereocenters. The molecular weight excluding hydrogens is 258 g/mol. The number of aromatic nitrogens is 1. The first kappa shape index (κ1) is 12.3. The van der Waals surface area contributed by atoms with Crippen molar-refractivity contribution in [2.75, 3.05) is 6.54 Å². The standard InChI is InChI=1S/C14H15N3OS/c1-10-7-12(17-18-10)8-15-14-16-9-13(19-14)11-5-3-2-4-6-11/h2-7,13H,8-9H2,1H3,(H,15,16). The van der Waals surface area contributed by atoms with E-state index in [1.54, 1.807) is 11.8 Å². The minimum Gasteiger partial charge on any atom is -0.361 e. The van der Waals surface area contributed by atoms with E-state index in [9.17, 15) is 0 Å². The number of aliphatic imine (C=N–C) groups is 1. The third-order valence-electron chi connectivity index (χ3n) is 2.92. The Balaban J connectivity index is 1.54. The van der Waals surface area contributed by atoms with Crippen molar-refractivity contribution in [2.45, 2.75) is 18.7 Å². The molecule has 0 saturated carbocycles. The van der Waals surface area contributed by atoms with Crippen LogP contribution in [0, 0.1) is 6.92 Å². The Morgan fingerprint density at radius 3 is 2.95 bits per heavy atom. The molecule has 1 aromatic carbocycles. The van der Waals surface area contributed by atoms with E-state index in [2.05, 4.69) is 39.7 Å². The third kappa shape index (κ3) is 2.98. The normalized spacial score (nSPS) is 18.4. The van der Waals surface area contributed by atoms with Crippen molar-refractivity contribution >= 4 is 16.9 Å². The maximum atomic E-state index is 5.03. The van der Waals surface area contributed by atoms with E-state index in [0.717, 1.165) is 23.2 Å². The van der Waals surface area contributed by atoms with E-state index < -0.39 is 0 Å². The molecule has 2 aromatic rings. The molecular formula is C14H15N3OS. The van der Waals surface area contributed by atoms with Gasteiger partial charge in [0.25, 0.3) is 0 Å². The molecule has 0 radical (unpaired) electrons. The summed E-state index contributed by atoms with van der Waals surface area (Å²) in [7, 11) is 0. The monoisotopic (exact) mass is 273 g/mol. The van der Waals surface area contributed by atoms with Crippen LogP contribution >= 0.6 is 11.8 Å². The Labute approximate surface area is 116 Å². The van der Waals surface area contributed by atoms with Crippen LogP contribution in [0.4, 0.5) is 0 Å². The lowest BCUT2D eigenvalue weighted by atomic mass is 10.1. The molecule has 0 saturated heterocycles. The Morgan fingerprint density at radius 2 is 2.21 bits per heavy atom. The summed E-state index contributed by atoms with van der Waals surface area (Å²) in [5.74, 6) is 0.833. The molecule has 0 bridgehead atoms. The largest absolute Gasteiger partial charge is 0.361 e. The predicted molar refractivity (Wildman–Crippen MR) is 77.2 cm³/mol. The number of benzene rings is 1. The van der Waals surface area contributed by atoms with E-state index in [4.69, 9.17) is 4.52 Å². The zero-order chi connectivity index (χ0) is 13.1. The fourth-order valence-electron chi connectivity index (χ4n) is 1.98. The molecule has 0 amide bonds. The first-order valence-corrected chi connectivity index (χ1v) is 7.11. The third-order valence-corrected chi connectivity index (χ3v) is 4.13. The van der Waals surface area contributed by atoms with Crippen molar-refractivity contribution in [1.82, 2.24) is 10.5 Å². The zero-order valence-electron chi connectivity index (χ0n) is 10.7. The summed E-state index contributed by atoms with van der Waals surface area (Å²) >= 11 is 1.77. The molecule has 5 heteroatoms. The van der Waals surface area contributed by atoms with Crippen molar-refractivity contribution in [1.29, 1.82) is 0 Å². The summed E-state index contributed by atoms with van der Waals surface area (Å²) in [6, 6.07) is 12.4. The van der Waals surface area contributed by atoms with Gasteiger partial charge in [-0.2, -0.15) is 0 Å². The lowest BCUT2D eigenvalue weighted by molar-refractivity contribution is 0.390. The molecule has 0 aliphatic carbocycles. The highest BCUT2D eigenvalue weighted by Gasteiger charge is 2.20. The van der Waals surface area contributed by atoms with Gasteiger partial charge in [-0.3, -0.25) is 4.99 Å². The number of rotatable bonds is 3. The van der Waals surface area contributed by atoms with E-state index in [0.29, 0.717) is 11.8 Å². The van der Waals surface area contributed by atoms with Crippen LogP contribution in [0.2, 0.25) is 0 Å². The molecule has 3 rings (SSSR count). The molecule has 1 aliphatic heterocycles. The van der Waals surface area contributed by atoms with Crippen LogP contribution in [0.25, 0.3) is 0 Å². The summed E-state index contributed by atoms with van der Waals surface area (Å²) < 4.78 is 5.03. The molecule has 0 spiro atoms. The van der Waals surface area contributed by atoms with Crippen LogP contribution < -0.4 is 5.32 Å². The summed E-state index contributed by atoms with van der Waals surface area (Å²) in [5, 5.41) is 8.65. The van der Waals surface area contributed by atoms with E-state index in [-0.39, 0.29) is 0 Å². The van der Waals surface area contributed by atoms with Gasteiger partial charge in [0.1, 0.15) is 11.5 Å². The number of hydrogen-bond acceptors (Lipinski definition) is 5. The predicted octanol–water partition coefficient (Wildman–Crippen LogP) is 2.92. The fourth-order valence-corrected chi connectivity index (χ4v) is 3.00. The van der Waals surface area contributed by atoms with Crippen molar-refractivity contribution in [3.8, 4) is 0 Å². The van der Waals surface area contributed by atoms with Crippen LogP contribution in [0.1, 0.15) is 22.3 Å². The SMILES string of the molecule is Cc1cc(CNC2=NCC(c3ccccc3)S2)no1. The topological polar surface area (TPSA) is 50.4 Å². The minimum absolute atomic E-state index is 0.419. The molecule has 1 aliphatic rings. The zero-order valence-corrected chi connectivity index (χ0v) is 11.5. The highest BCUT2D eigenvalue weighted by molar-refractivity contribution is 8.14. The Hall–Kier alpha value is -1.75. The number of nitrogens with zero attached hydrogens (tertiary/aromatic N) is 2. The van der Waals surface area contributed by atoms with Gasteiger partial charge in [0, 0.05) is 6.07 Å². The lowest BCUT2D eigenvalue weighted by Gasteiger charge is -2.08. The van der Waals surface area contributed by atoms with Crippen LogP contribution in [-0.4, -0.2) is 16.9 Å². The van der Waals surface area contributed by atoms with Gasteiger partial charge in [-0.15, -0.1) is 0 Å². The van der Waals surface area contributed by atoms with Crippen LogP contribution in [0.3, 0.4) is 0 Å². The Kier molecular flexibility index (Phi) is 3.55. The van der Waals surface area contributed by atoms with Gasteiger partial charge in [0.2, 0.25) is 0 Å². The molecule has 4 nitrogen and oxygen atoms in total. The summed E-state index contributed by atoms with van der Waals surface area (Å²) in [6.45, 7) is 3.38. The quantitative estimate of drug-likeness (QED) is 0.934. The number of aryl methyl sites for hydroxylation is 1. The average molecular weight is 273 g/mol. The van der Waals surface area contributed by atoms with Gasteiger partial charge in [-0.05, 0) is 12.5 Å². The van der Waals surface area contributed by atoms with Gasteiger partial charge in [0.05, 0.1) is 18.3 Å². The van der Waals surface area contributed by atoms with Gasteiger partial charge < -0.3 is 9.84 Å². The van der Waals surface area contributed by atoms with Crippen molar-refractivity contribution in [3.63, 3.8) is 0 Å². The highest BCUT2D eigenvalue weighted by Crippen LogP contribution is 2.34. The van der Waals surface area contributed by atoms with E-state index in [1.165, 1.54) is 5.56 Å². The van der Waals surface area contributed by atoms with Crippen molar-refractivity contribution in [3.05, 3.63) is 53.4 Å². The van der Waals surface area contributed by atoms with E-state index in [1.807, 2.05) is 19.1 Å².